The highest BCUT2D eigenvalue weighted by atomic mass is 28.3. The predicted octanol–water partition coefficient (Wildman–Crippen LogP) is 2.91. The molecule has 0 unspecified atom stereocenters. The molecule has 98 valence electrons. The fourth-order valence-corrected chi connectivity index (χ4v) is 6.33. The predicted molar refractivity (Wildman–Crippen MR) is 69.8 cm³/mol. The zero-order valence-electron chi connectivity index (χ0n) is 11.0. The first-order valence-corrected chi connectivity index (χ1v) is 8.72. The number of aliphatic carboxylic acids is 2. The molecule has 0 aromatic carbocycles. The number of rotatable bonds is 7. The molecule has 0 amide bonds. The van der Waals surface area contributed by atoms with E-state index >= 15 is 0 Å². The van der Waals surface area contributed by atoms with Gasteiger partial charge in [0.1, 0.15) is 0 Å². The average Bonchev–Trinajstić information content (AvgIpc) is 2.29. The van der Waals surface area contributed by atoms with E-state index in [1.165, 1.54) is 0 Å². The normalized spacial score (nSPS) is 13.2. The highest BCUT2D eigenvalue weighted by Crippen LogP contribution is 2.32. The summed E-state index contributed by atoms with van der Waals surface area (Å²) in [6.07, 6.45) is 0.270. The van der Waals surface area contributed by atoms with Gasteiger partial charge in [-0.2, -0.15) is 0 Å². The number of carbonyl (C=O) groups is 2. The van der Waals surface area contributed by atoms with Crippen molar-refractivity contribution in [2.45, 2.75) is 52.2 Å². The molecule has 0 radical (unpaired) electrons. The molecule has 0 rings (SSSR count). The first-order chi connectivity index (χ1) is 7.90. The lowest BCUT2D eigenvalue weighted by Gasteiger charge is -2.30. The Kier molecular flexibility index (Phi) is 6.16. The smallest absolute Gasteiger partial charge is 0.331 e. The maximum atomic E-state index is 11.4. The topological polar surface area (TPSA) is 74.6 Å². The zero-order chi connectivity index (χ0) is 13.6. The molecule has 0 bridgehead atoms. The van der Waals surface area contributed by atoms with E-state index in [4.69, 9.17) is 5.11 Å². The van der Waals surface area contributed by atoms with Crippen LogP contribution in [-0.4, -0.2) is 30.2 Å². The van der Waals surface area contributed by atoms with Crippen molar-refractivity contribution in [2.24, 2.45) is 0 Å². The van der Waals surface area contributed by atoms with Crippen LogP contribution in [0.5, 0.6) is 0 Å². The lowest BCUT2D eigenvalue weighted by molar-refractivity contribution is -0.135. The summed E-state index contributed by atoms with van der Waals surface area (Å²) >= 11 is 0. The van der Waals surface area contributed by atoms with Gasteiger partial charge in [0.15, 0.2) is 0 Å². The van der Waals surface area contributed by atoms with Crippen LogP contribution in [0, 0.1) is 0 Å². The van der Waals surface area contributed by atoms with Crippen molar-refractivity contribution in [3.8, 4) is 0 Å². The Morgan fingerprint density at radius 3 is 1.47 bits per heavy atom. The van der Waals surface area contributed by atoms with Crippen molar-refractivity contribution < 1.29 is 19.8 Å². The molecule has 0 aliphatic carbocycles. The molecule has 0 spiro atoms. The van der Waals surface area contributed by atoms with Crippen LogP contribution in [0.4, 0.5) is 0 Å². The van der Waals surface area contributed by atoms with Gasteiger partial charge < -0.3 is 10.2 Å². The van der Waals surface area contributed by atoms with E-state index in [0.29, 0.717) is 0 Å². The fourth-order valence-electron chi connectivity index (χ4n) is 2.39. The molecule has 0 aromatic rings. The van der Waals surface area contributed by atoms with E-state index in [2.05, 4.69) is 0 Å². The van der Waals surface area contributed by atoms with Gasteiger partial charge in [-0.25, -0.2) is 9.59 Å². The summed E-state index contributed by atoms with van der Waals surface area (Å²) in [5.74, 6) is -2.13. The van der Waals surface area contributed by atoms with Gasteiger partial charge in [0.05, 0.1) is 8.07 Å². The summed E-state index contributed by atoms with van der Waals surface area (Å²) in [7, 11) is -2.16. The molecular weight excluding hydrogens is 236 g/mol. The molecule has 0 saturated carbocycles. The summed E-state index contributed by atoms with van der Waals surface area (Å²) in [6, 6.07) is 2.33. The minimum atomic E-state index is -2.16. The van der Waals surface area contributed by atoms with Gasteiger partial charge in [0.2, 0.25) is 0 Å². The van der Waals surface area contributed by atoms with Crippen molar-refractivity contribution in [1.29, 1.82) is 0 Å². The second-order valence-corrected chi connectivity index (χ2v) is 9.34. The summed E-state index contributed by atoms with van der Waals surface area (Å²) in [5, 5.41) is 18.7. The largest absolute Gasteiger partial charge is 0.478 e. The van der Waals surface area contributed by atoms with Crippen molar-refractivity contribution in [3.05, 3.63) is 10.8 Å². The van der Waals surface area contributed by atoms with Gasteiger partial charge >= 0.3 is 11.9 Å². The molecule has 17 heavy (non-hydrogen) atoms. The molecule has 2 N–H and O–H groups in total. The molecule has 0 heterocycles. The average molecular weight is 258 g/mol. The molecule has 0 fully saturated rings. The van der Waals surface area contributed by atoms with Gasteiger partial charge in [0, 0.05) is 10.8 Å². The van der Waals surface area contributed by atoms with Crippen LogP contribution in [0.3, 0.4) is 0 Å². The molecule has 4 nitrogen and oxygen atoms in total. The maximum Gasteiger partial charge on any atom is 0.331 e. The monoisotopic (exact) mass is 258 g/mol. The molecular formula is C12H22O4Si. The van der Waals surface area contributed by atoms with E-state index in [1.807, 2.05) is 20.8 Å². The van der Waals surface area contributed by atoms with Crippen LogP contribution < -0.4 is 0 Å². The highest BCUT2D eigenvalue weighted by Gasteiger charge is 2.39. The Hall–Kier alpha value is -1.10. The summed E-state index contributed by atoms with van der Waals surface area (Å²) in [4.78, 5) is 22.6. The molecule has 5 heteroatoms. The van der Waals surface area contributed by atoms with E-state index in [-0.39, 0.29) is 17.2 Å². The van der Waals surface area contributed by atoms with Gasteiger partial charge in [-0.15, -0.1) is 0 Å². The third-order valence-electron chi connectivity index (χ3n) is 3.69. The maximum absolute atomic E-state index is 11.4. The molecule has 0 aliphatic heterocycles. The summed E-state index contributed by atoms with van der Waals surface area (Å²) in [5.41, 5.74) is 0.0923. The minimum Gasteiger partial charge on any atom is -0.478 e. The van der Waals surface area contributed by atoms with Crippen LogP contribution in [0.2, 0.25) is 18.1 Å². The summed E-state index contributed by atoms with van der Waals surface area (Å²) < 4.78 is 0. The highest BCUT2D eigenvalue weighted by molar-refractivity contribution is 6.90. The number of carboxylic acid groups (broad SMARTS) is 2. The first kappa shape index (κ1) is 15.9. The van der Waals surface area contributed by atoms with E-state index in [0.717, 1.165) is 18.1 Å². The van der Waals surface area contributed by atoms with Crippen LogP contribution in [0.25, 0.3) is 0 Å². The number of carboxylic acids is 2. The third-order valence-corrected chi connectivity index (χ3v) is 9.32. The van der Waals surface area contributed by atoms with E-state index in [9.17, 15) is 14.7 Å². The number of hydrogen-bond donors (Lipinski definition) is 2. The fraction of sp³-hybridized carbons (Fsp3) is 0.667. The van der Waals surface area contributed by atoms with E-state index < -0.39 is 20.0 Å². The Morgan fingerprint density at radius 2 is 1.29 bits per heavy atom. The van der Waals surface area contributed by atoms with Crippen LogP contribution in [0.1, 0.15) is 34.1 Å². The third kappa shape index (κ3) is 3.18. The SMILES string of the molecule is CC/C(C(=O)O)=C(/C(=O)O)[Si](CC)(CC)CC. The molecule has 0 aliphatic rings. The Morgan fingerprint density at radius 1 is 0.882 bits per heavy atom. The lowest BCUT2D eigenvalue weighted by atomic mass is 10.2. The summed E-state index contributed by atoms with van der Waals surface area (Å²) in [6.45, 7) is 7.61. The first-order valence-electron chi connectivity index (χ1n) is 6.10. The second-order valence-electron chi connectivity index (χ2n) is 4.16. The lowest BCUT2D eigenvalue weighted by Crippen LogP contribution is -2.40. The van der Waals surface area contributed by atoms with Gasteiger partial charge in [-0.3, -0.25) is 0 Å². The Balaban J connectivity index is 5.96. The van der Waals surface area contributed by atoms with E-state index in [1.54, 1.807) is 6.92 Å². The van der Waals surface area contributed by atoms with Crippen LogP contribution in [-0.2, 0) is 9.59 Å². The second kappa shape index (κ2) is 6.59. The zero-order valence-corrected chi connectivity index (χ0v) is 12.0. The minimum absolute atomic E-state index is 0.0923. The van der Waals surface area contributed by atoms with Crippen LogP contribution >= 0.6 is 0 Å². The quantitative estimate of drug-likeness (QED) is 0.544. The molecule has 0 aromatic heterocycles. The Bertz CT molecular complexity index is 321. The number of hydrogen-bond acceptors (Lipinski definition) is 2. The molecule has 0 atom stereocenters. The standard InChI is InChI=1S/C12H22O4Si/c1-5-9(11(13)14)10(12(15)16)17(6-2,7-3)8-4/h5-8H2,1-4H3,(H,13,14)(H,15,16)/b10-9+. The van der Waals surface area contributed by atoms with Crippen molar-refractivity contribution in [1.82, 2.24) is 0 Å². The van der Waals surface area contributed by atoms with Gasteiger partial charge in [0.25, 0.3) is 0 Å². The van der Waals surface area contributed by atoms with Gasteiger partial charge in [-0.1, -0.05) is 45.8 Å². The van der Waals surface area contributed by atoms with Crippen LogP contribution in [0.15, 0.2) is 10.8 Å². The van der Waals surface area contributed by atoms with Crippen molar-refractivity contribution in [3.63, 3.8) is 0 Å². The van der Waals surface area contributed by atoms with Gasteiger partial charge in [-0.05, 0) is 6.42 Å². The van der Waals surface area contributed by atoms with Crippen molar-refractivity contribution >= 4 is 20.0 Å². The molecule has 0 saturated heterocycles. The Labute approximate surface area is 103 Å². The van der Waals surface area contributed by atoms with Crippen molar-refractivity contribution in [2.75, 3.05) is 0 Å².